The van der Waals surface area contributed by atoms with Gasteiger partial charge in [-0.15, -0.1) is 0 Å². The van der Waals surface area contributed by atoms with Crippen LogP contribution in [0.2, 0.25) is 0 Å². The SMILES string of the molecule is Cc1ccc(S(=O)(=O)O[I+](c2ccccc2)c2cccc(C)c2)cc1. The second kappa shape index (κ2) is 7.68. The van der Waals surface area contributed by atoms with E-state index < -0.39 is 30.4 Å². The van der Waals surface area contributed by atoms with Crippen molar-refractivity contribution in [2.45, 2.75) is 18.7 Å². The summed E-state index contributed by atoms with van der Waals surface area (Å²) in [6.45, 7) is 3.92. The first-order valence-electron chi connectivity index (χ1n) is 7.79. The fourth-order valence-electron chi connectivity index (χ4n) is 2.26. The number of benzene rings is 3. The van der Waals surface area contributed by atoms with Crippen LogP contribution in [-0.2, 0) is 12.6 Å². The molecule has 0 heterocycles. The molecule has 25 heavy (non-hydrogen) atoms. The Bertz CT molecular complexity index is 952. The third-order valence-corrected chi connectivity index (χ3v) is 10.9. The molecule has 1 radical (unpaired) electrons. The van der Waals surface area contributed by atoms with E-state index in [1.54, 1.807) is 24.3 Å². The van der Waals surface area contributed by atoms with E-state index in [4.69, 9.17) is 2.51 Å². The Balaban J connectivity index is 2.02. The highest BCUT2D eigenvalue weighted by molar-refractivity contribution is 7.86. The van der Waals surface area contributed by atoms with E-state index in [-0.39, 0.29) is 4.90 Å². The van der Waals surface area contributed by atoms with Crippen LogP contribution in [0, 0.1) is 21.0 Å². The summed E-state index contributed by atoms with van der Waals surface area (Å²) in [4.78, 5) is 0.198. The van der Waals surface area contributed by atoms with Gasteiger partial charge < -0.3 is 0 Å². The molecule has 5 heteroatoms. The van der Waals surface area contributed by atoms with Gasteiger partial charge in [-0.25, -0.2) is 0 Å². The maximum Gasteiger partial charge on any atom is 0.336 e. The molecule has 0 aromatic heterocycles. The van der Waals surface area contributed by atoms with Gasteiger partial charge in [0, 0.05) is 0 Å². The van der Waals surface area contributed by atoms with Crippen LogP contribution in [0.4, 0.5) is 0 Å². The van der Waals surface area contributed by atoms with Crippen LogP contribution in [0.25, 0.3) is 0 Å². The zero-order valence-corrected chi connectivity index (χ0v) is 17.0. The van der Waals surface area contributed by atoms with Gasteiger partial charge in [-0.05, 0) is 58.3 Å². The standard InChI is InChI=1S/C20H19IO3S/c1-16-11-13-20(14-12-16)25(22,23)24-21(18-8-4-3-5-9-18)19-10-6-7-17(2)15-19/h3-15H,1-2H3/q+1. The fraction of sp³-hybridized carbons (Fsp3) is 0.100. The predicted octanol–water partition coefficient (Wildman–Crippen LogP) is 1.29. The molecule has 0 atom stereocenters. The third-order valence-electron chi connectivity index (χ3n) is 3.57. The van der Waals surface area contributed by atoms with E-state index in [0.717, 1.165) is 18.3 Å². The molecule has 0 amide bonds. The molecule has 0 aliphatic heterocycles. The lowest BCUT2D eigenvalue weighted by Gasteiger charge is -2.07. The Kier molecular flexibility index (Phi) is 5.56. The second-order valence-electron chi connectivity index (χ2n) is 5.67. The van der Waals surface area contributed by atoms with Crippen molar-refractivity contribution in [3.63, 3.8) is 0 Å². The van der Waals surface area contributed by atoms with Crippen LogP contribution in [0.5, 0.6) is 0 Å². The highest BCUT2D eigenvalue weighted by Gasteiger charge is 2.37. The molecule has 0 aliphatic rings. The molecule has 0 saturated heterocycles. The van der Waals surface area contributed by atoms with E-state index in [9.17, 15) is 8.42 Å². The van der Waals surface area contributed by atoms with Crippen molar-refractivity contribution in [3.8, 4) is 0 Å². The lowest BCUT2D eigenvalue weighted by atomic mass is 10.2. The zero-order valence-electron chi connectivity index (χ0n) is 14.0. The Morgan fingerprint density at radius 1 is 0.720 bits per heavy atom. The number of aryl methyl sites for hydroxylation is 2. The van der Waals surface area contributed by atoms with Gasteiger partial charge in [-0.1, -0.05) is 48.0 Å². The molecule has 129 valence electrons. The molecule has 0 aliphatic carbocycles. The number of rotatable bonds is 5. The summed E-state index contributed by atoms with van der Waals surface area (Å²) in [5.41, 5.74) is 2.10. The number of hydrogen-bond acceptors (Lipinski definition) is 3. The van der Waals surface area contributed by atoms with Crippen LogP contribution in [0.3, 0.4) is 0 Å². The Labute approximate surface area is 156 Å². The fourth-order valence-corrected chi connectivity index (χ4v) is 9.50. The van der Waals surface area contributed by atoms with Crippen molar-refractivity contribution >= 4 is 10.1 Å². The minimum Gasteiger partial charge on any atom is -0.190 e. The van der Waals surface area contributed by atoms with Gasteiger partial charge in [0.05, 0.1) is 4.90 Å². The van der Waals surface area contributed by atoms with E-state index in [1.807, 2.05) is 68.4 Å². The summed E-state index contributed by atoms with van der Waals surface area (Å²) in [5.74, 6) is 0. The predicted molar refractivity (Wildman–Crippen MR) is 94.5 cm³/mol. The number of hydrogen-bond donors (Lipinski definition) is 0. The van der Waals surface area contributed by atoms with Crippen molar-refractivity contribution in [2.24, 2.45) is 0 Å². The molecule has 0 fully saturated rings. The minimum atomic E-state index is -3.82. The molecular weight excluding hydrogens is 447 g/mol. The molecule has 3 rings (SSSR count). The first kappa shape index (κ1) is 18.1. The van der Waals surface area contributed by atoms with Crippen molar-refractivity contribution in [1.82, 2.24) is 0 Å². The quantitative estimate of drug-likeness (QED) is 0.533. The van der Waals surface area contributed by atoms with Crippen LogP contribution in [0.15, 0.2) is 83.8 Å². The summed E-state index contributed by atoms with van der Waals surface area (Å²) >= 11 is -2.59. The topological polar surface area (TPSA) is 43.4 Å². The first-order valence-corrected chi connectivity index (χ1v) is 12.2. The van der Waals surface area contributed by atoms with Crippen molar-refractivity contribution < 1.29 is 31.2 Å². The maximum atomic E-state index is 12.8. The summed E-state index contributed by atoms with van der Waals surface area (Å²) in [7, 11) is -3.82. The van der Waals surface area contributed by atoms with Gasteiger partial charge >= 0.3 is 30.4 Å². The summed E-state index contributed by atoms with van der Waals surface area (Å²) in [5, 5.41) is 0. The molecule has 3 aromatic rings. The molecular formula is C20H19IO3S+. The second-order valence-corrected chi connectivity index (χ2v) is 12.2. The van der Waals surface area contributed by atoms with Gasteiger partial charge in [0.25, 0.3) is 0 Å². The van der Waals surface area contributed by atoms with E-state index in [0.29, 0.717) is 0 Å². The van der Waals surface area contributed by atoms with Crippen molar-refractivity contribution in [1.29, 1.82) is 0 Å². The third kappa shape index (κ3) is 4.48. The average molecular weight is 466 g/mol. The lowest BCUT2D eigenvalue weighted by Crippen LogP contribution is -3.85. The Morgan fingerprint density at radius 2 is 1.36 bits per heavy atom. The zero-order chi connectivity index (χ0) is 17.9. The first-order chi connectivity index (χ1) is 12.0. The summed E-state index contributed by atoms with van der Waals surface area (Å²) in [6.07, 6.45) is 0. The van der Waals surface area contributed by atoms with Crippen LogP contribution >= 0.6 is 0 Å². The molecule has 0 spiro atoms. The minimum absolute atomic E-state index is 0.198. The van der Waals surface area contributed by atoms with Gasteiger partial charge in [0.1, 0.15) is 0 Å². The smallest absolute Gasteiger partial charge is 0.190 e. The van der Waals surface area contributed by atoms with E-state index >= 15 is 0 Å². The highest BCUT2D eigenvalue weighted by Crippen LogP contribution is 2.11. The Hall–Kier alpha value is -1.70. The largest absolute Gasteiger partial charge is 0.336 e. The van der Waals surface area contributed by atoms with E-state index in [2.05, 4.69) is 0 Å². The molecule has 0 saturated carbocycles. The van der Waals surface area contributed by atoms with Gasteiger partial charge in [0.2, 0.25) is 0 Å². The Morgan fingerprint density at radius 3 is 2.00 bits per heavy atom. The van der Waals surface area contributed by atoms with Crippen LogP contribution < -0.4 is 20.2 Å². The van der Waals surface area contributed by atoms with Crippen molar-refractivity contribution in [2.75, 3.05) is 0 Å². The van der Waals surface area contributed by atoms with Gasteiger partial charge in [0.15, 0.2) is 7.14 Å². The summed E-state index contributed by atoms with van der Waals surface area (Å²) in [6, 6.07) is 24.3. The van der Waals surface area contributed by atoms with Crippen molar-refractivity contribution in [3.05, 3.63) is 97.1 Å². The van der Waals surface area contributed by atoms with Crippen LogP contribution in [-0.4, -0.2) is 8.42 Å². The maximum absolute atomic E-state index is 12.8. The summed E-state index contributed by atoms with van der Waals surface area (Å²) < 4.78 is 33.3. The van der Waals surface area contributed by atoms with E-state index in [1.165, 1.54) is 0 Å². The normalized spacial score (nSPS) is 11.6. The molecule has 3 nitrogen and oxygen atoms in total. The number of halogens is 1. The molecule has 0 bridgehead atoms. The average Bonchev–Trinajstić information content (AvgIpc) is 2.61. The molecule has 0 N–H and O–H groups in total. The monoisotopic (exact) mass is 466 g/mol. The highest BCUT2D eigenvalue weighted by atomic mass is 127. The van der Waals surface area contributed by atoms with Crippen LogP contribution in [0.1, 0.15) is 11.1 Å². The lowest BCUT2D eigenvalue weighted by molar-refractivity contribution is -1.03. The van der Waals surface area contributed by atoms with Gasteiger partial charge in [-0.2, -0.15) is 8.42 Å². The molecule has 3 aromatic carbocycles. The molecule has 0 unspecified atom stereocenters. The van der Waals surface area contributed by atoms with Gasteiger partial charge in [-0.3, -0.25) is 0 Å².